The second-order valence-electron chi connectivity index (χ2n) is 9.32. The van der Waals surface area contributed by atoms with E-state index in [4.69, 9.17) is 0 Å². The van der Waals surface area contributed by atoms with Crippen molar-refractivity contribution < 1.29 is 23.9 Å². The molecule has 1 aliphatic rings. The van der Waals surface area contributed by atoms with Crippen molar-refractivity contribution in [1.29, 1.82) is 0 Å². The van der Waals surface area contributed by atoms with Gasteiger partial charge in [0, 0.05) is 36.2 Å². The number of pyridine rings is 1. The van der Waals surface area contributed by atoms with Crippen LogP contribution >= 0.6 is 0 Å². The summed E-state index contributed by atoms with van der Waals surface area (Å²) >= 11 is 0. The standard InChI is InChI=1S/C26H27FN4O4/c1-14-10-17(7-8-19(14)27)29-24(34)20-15(2)21(31(4)22(20)16-6-5-9-28-13-16)23(33)25(35)30-26(3)11-18(32)12-26/h5-10,13,18,32H,11-12H2,1-4H3,(H,29,34)(H,30,35). The van der Waals surface area contributed by atoms with E-state index in [1.165, 1.54) is 22.8 Å². The highest BCUT2D eigenvalue weighted by Gasteiger charge is 2.42. The highest BCUT2D eigenvalue weighted by molar-refractivity contribution is 6.43. The van der Waals surface area contributed by atoms with Gasteiger partial charge in [0.2, 0.25) is 0 Å². The van der Waals surface area contributed by atoms with Gasteiger partial charge in [0.05, 0.1) is 23.1 Å². The first-order valence-electron chi connectivity index (χ1n) is 11.2. The van der Waals surface area contributed by atoms with Crippen molar-refractivity contribution in [2.75, 3.05) is 5.32 Å². The number of anilines is 1. The fourth-order valence-corrected chi connectivity index (χ4v) is 4.71. The van der Waals surface area contributed by atoms with Crippen LogP contribution in [0.4, 0.5) is 10.1 Å². The molecular weight excluding hydrogens is 451 g/mol. The molecule has 4 rings (SSSR count). The molecule has 9 heteroatoms. The molecule has 0 radical (unpaired) electrons. The lowest BCUT2D eigenvalue weighted by molar-refractivity contribution is -0.121. The van der Waals surface area contributed by atoms with Gasteiger partial charge in [-0.1, -0.05) is 0 Å². The molecule has 2 heterocycles. The Morgan fingerprint density at radius 1 is 1.20 bits per heavy atom. The van der Waals surface area contributed by atoms with Crippen molar-refractivity contribution >= 4 is 23.3 Å². The van der Waals surface area contributed by atoms with E-state index in [1.807, 2.05) is 0 Å². The lowest BCUT2D eigenvalue weighted by Crippen LogP contribution is -2.58. The van der Waals surface area contributed by atoms with Crippen LogP contribution in [0.5, 0.6) is 0 Å². The summed E-state index contributed by atoms with van der Waals surface area (Å²) in [6.07, 6.45) is 3.38. The van der Waals surface area contributed by atoms with Crippen molar-refractivity contribution in [2.45, 2.75) is 45.3 Å². The number of nitrogens with zero attached hydrogens (tertiary/aromatic N) is 2. The summed E-state index contributed by atoms with van der Waals surface area (Å²) in [4.78, 5) is 43.7. The minimum Gasteiger partial charge on any atom is -0.393 e. The third kappa shape index (κ3) is 4.59. The second kappa shape index (κ2) is 9.07. The number of benzene rings is 1. The minimum atomic E-state index is -0.804. The molecule has 1 aromatic carbocycles. The SMILES string of the molecule is Cc1cc(NC(=O)c2c(C)c(C(=O)C(=O)NC3(C)CC(O)C3)n(C)c2-c2cccnc2)ccc1F. The Labute approximate surface area is 202 Å². The molecule has 2 aromatic heterocycles. The zero-order chi connectivity index (χ0) is 25.5. The van der Waals surface area contributed by atoms with E-state index in [1.54, 1.807) is 52.3 Å². The molecule has 35 heavy (non-hydrogen) atoms. The van der Waals surface area contributed by atoms with Crippen LogP contribution in [0.1, 0.15) is 51.7 Å². The third-order valence-corrected chi connectivity index (χ3v) is 6.42. The monoisotopic (exact) mass is 478 g/mol. The Hall–Kier alpha value is -3.85. The highest BCUT2D eigenvalue weighted by Crippen LogP contribution is 2.34. The lowest BCUT2D eigenvalue weighted by atomic mass is 9.76. The molecule has 2 amide bonds. The Balaban J connectivity index is 1.75. The second-order valence-corrected chi connectivity index (χ2v) is 9.32. The molecule has 1 aliphatic carbocycles. The van der Waals surface area contributed by atoms with Crippen molar-refractivity contribution in [1.82, 2.24) is 14.9 Å². The average molecular weight is 479 g/mol. The molecule has 0 atom stereocenters. The smallest absolute Gasteiger partial charge is 0.294 e. The quantitative estimate of drug-likeness (QED) is 0.372. The van der Waals surface area contributed by atoms with E-state index < -0.39 is 29.2 Å². The summed E-state index contributed by atoms with van der Waals surface area (Å²) in [6.45, 7) is 4.98. The van der Waals surface area contributed by atoms with Crippen molar-refractivity contribution in [3.63, 3.8) is 0 Å². The van der Waals surface area contributed by atoms with Crippen LogP contribution in [0.2, 0.25) is 0 Å². The first kappa shape index (κ1) is 24.3. The summed E-state index contributed by atoms with van der Waals surface area (Å²) in [7, 11) is 1.61. The van der Waals surface area contributed by atoms with Gasteiger partial charge in [-0.2, -0.15) is 0 Å². The van der Waals surface area contributed by atoms with Crippen LogP contribution in [0.15, 0.2) is 42.7 Å². The van der Waals surface area contributed by atoms with Gasteiger partial charge >= 0.3 is 0 Å². The Bertz CT molecular complexity index is 1330. The Morgan fingerprint density at radius 2 is 1.91 bits per heavy atom. The van der Waals surface area contributed by atoms with Crippen LogP contribution in [-0.2, 0) is 11.8 Å². The predicted octanol–water partition coefficient (Wildman–Crippen LogP) is 3.31. The summed E-state index contributed by atoms with van der Waals surface area (Å²) in [5, 5.41) is 15.1. The van der Waals surface area contributed by atoms with E-state index in [2.05, 4.69) is 15.6 Å². The van der Waals surface area contributed by atoms with E-state index in [9.17, 15) is 23.9 Å². The molecule has 0 unspecified atom stereocenters. The fraction of sp³-hybridized carbons (Fsp3) is 0.308. The molecule has 0 spiro atoms. The zero-order valence-corrected chi connectivity index (χ0v) is 20.0. The summed E-state index contributed by atoms with van der Waals surface area (Å²) in [6, 6.07) is 7.70. The van der Waals surface area contributed by atoms with Gasteiger partial charge in [0.25, 0.3) is 17.6 Å². The van der Waals surface area contributed by atoms with E-state index in [0.29, 0.717) is 40.9 Å². The number of aryl methyl sites for hydroxylation is 1. The van der Waals surface area contributed by atoms with Crippen molar-refractivity contribution in [3.05, 3.63) is 70.9 Å². The highest BCUT2D eigenvalue weighted by atomic mass is 19.1. The number of Topliss-reactive ketones (excluding diaryl/α,β-unsaturated/α-hetero) is 1. The topological polar surface area (TPSA) is 113 Å². The van der Waals surface area contributed by atoms with Crippen LogP contribution in [0, 0.1) is 19.7 Å². The first-order chi connectivity index (χ1) is 16.5. The molecule has 1 saturated carbocycles. The van der Waals surface area contributed by atoms with Crippen molar-refractivity contribution in [3.8, 4) is 11.3 Å². The first-order valence-corrected chi connectivity index (χ1v) is 11.2. The van der Waals surface area contributed by atoms with Gasteiger partial charge in [-0.05, 0) is 75.1 Å². The molecule has 3 N–H and O–H groups in total. The van der Waals surface area contributed by atoms with Gasteiger partial charge in [0.15, 0.2) is 0 Å². The molecule has 3 aromatic rings. The number of carbonyl (C=O) groups is 3. The maximum Gasteiger partial charge on any atom is 0.294 e. The number of aliphatic hydroxyl groups is 1. The molecule has 0 bridgehead atoms. The lowest BCUT2D eigenvalue weighted by Gasteiger charge is -2.42. The molecule has 1 fully saturated rings. The summed E-state index contributed by atoms with van der Waals surface area (Å²) in [5.41, 5.74) is 1.76. The molecule has 182 valence electrons. The number of hydrogen-bond donors (Lipinski definition) is 3. The number of aromatic nitrogens is 2. The maximum absolute atomic E-state index is 13.7. The summed E-state index contributed by atoms with van der Waals surface area (Å²) in [5.74, 6) is -2.48. The number of hydrogen-bond acceptors (Lipinski definition) is 5. The average Bonchev–Trinajstić information content (AvgIpc) is 3.05. The number of amides is 2. The van der Waals surface area contributed by atoms with Gasteiger partial charge < -0.3 is 20.3 Å². The largest absolute Gasteiger partial charge is 0.393 e. The van der Waals surface area contributed by atoms with Crippen LogP contribution < -0.4 is 10.6 Å². The zero-order valence-electron chi connectivity index (χ0n) is 20.0. The van der Waals surface area contributed by atoms with E-state index in [0.717, 1.165) is 0 Å². The molecular formula is C26H27FN4O4. The Kier molecular flexibility index (Phi) is 6.29. The summed E-state index contributed by atoms with van der Waals surface area (Å²) < 4.78 is 15.2. The number of carbonyl (C=O) groups excluding carboxylic acids is 3. The number of nitrogens with one attached hydrogen (secondary N) is 2. The normalized spacial score (nSPS) is 19.1. The number of aliphatic hydroxyl groups excluding tert-OH is 1. The number of halogens is 1. The van der Waals surface area contributed by atoms with Gasteiger partial charge in [-0.3, -0.25) is 19.4 Å². The minimum absolute atomic E-state index is 0.0743. The fourth-order valence-electron chi connectivity index (χ4n) is 4.71. The molecule has 0 aliphatic heterocycles. The predicted molar refractivity (Wildman–Crippen MR) is 129 cm³/mol. The number of rotatable bonds is 6. The maximum atomic E-state index is 13.7. The number of ketones is 1. The van der Waals surface area contributed by atoms with Gasteiger partial charge in [0.1, 0.15) is 5.82 Å². The molecule has 8 nitrogen and oxygen atoms in total. The van der Waals surface area contributed by atoms with E-state index in [-0.39, 0.29) is 17.1 Å². The van der Waals surface area contributed by atoms with Gasteiger partial charge in [-0.25, -0.2) is 4.39 Å². The Morgan fingerprint density at radius 3 is 2.51 bits per heavy atom. The van der Waals surface area contributed by atoms with Gasteiger partial charge in [-0.15, -0.1) is 0 Å². The third-order valence-electron chi connectivity index (χ3n) is 6.42. The van der Waals surface area contributed by atoms with Crippen LogP contribution in [-0.4, -0.2) is 43.9 Å². The van der Waals surface area contributed by atoms with Crippen LogP contribution in [0.3, 0.4) is 0 Å². The van der Waals surface area contributed by atoms with E-state index >= 15 is 0 Å². The molecule has 0 saturated heterocycles. The van der Waals surface area contributed by atoms with Crippen LogP contribution in [0.25, 0.3) is 11.3 Å². The van der Waals surface area contributed by atoms with Crippen molar-refractivity contribution in [2.24, 2.45) is 7.05 Å².